The number of hydrogen-bond donors (Lipinski definition) is 2. The Bertz CT molecular complexity index is 654. The van der Waals surface area contributed by atoms with E-state index in [4.69, 9.17) is 0 Å². The first-order chi connectivity index (χ1) is 10.7. The second-order valence-electron chi connectivity index (χ2n) is 5.88. The Morgan fingerprint density at radius 1 is 1.12 bits per heavy atom. The van der Waals surface area contributed by atoms with Crippen LogP contribution in [0.2, 0.25) is 0 Å². The summed E-state index contributed by atoms with van der Waals surface area (Å²) in [6, 6.07) is 14.6. The molecule has 132 valence electrons. The van der Waals surface area contributed by atoms with Crippen LogP contribution in [0.4, 0.5) is 0 Å². The minimum atomic E-state index is 0. The number of hydrogen-bond acceptors (Lipinski definition) is 3. The van der Waals surface area contributed by atoms with Crippen LogP contribution in [0.15, 0.2) is 42.5 Å². The first-order valence-corrected chi connectivity index (χ1v) is 7.94. The molecule has 2 N–H and O–H groups in total. The van der Waals surface area contributed by atoms with E-state index in [1.54, 1.807) is 0 Å². The van der Waals surface area contributed by atoms with Crippen molar-refractivity contribution in [2.45, 2.75) is 13.0 Å². The van der Waals surface area contributed by atoms with Gasteiger partial charge in [-0.2, -0.15) is 0 Å². The van der Waals surface area contributed by atoms with Gasteiger partial charge >= 0.3 is 0 Å². The minimum absolute atomic E-state index is 0. The third-order valence-electron chi connectivity index (χ3n) is 4.24. The molecule has 1 heterocycles. The predicted molar refractivity (Wildman–Crippen MR) is 104 cm³/mol. The molecule has 0 bridgehead atoms. The van der Waals surface area contributed by atoms with Crippen molar-refractivity contribution in [1.82, 2.24) is 15.5 Å². The zero-order valence-electron chi connectivity index (χ0n) is 13.8. The maximum Gasteiger partial charge on any atom is 0.234 e. The molecule has 2 aromatic carbocycles. The number of halogens is 2. The predicted octanol–water partition coefficient (Wildman–Crippen LogP) is 2.77. The standard InChI is InChI=1S/C18H23N3O.2ClH/c1-14(20-18(22)13-21-11-9-19-10-12-21)16-8-4-6-15-5-2-3-7-17(15)16;;/h2-8,14,19H,9-13H2,1H3,(H,20,22);2*1H. The molecule has 24 heavy (non-hydrogen) atoms. The molecule has 0 spiro atoms. The van der Waals surface area contributed by atoms with Crippen LogP contribution < -0.4 is 10.6 Å². The SMILES string of the molecule is CC(NC(=O)CN1CCNCC1)c1cccc2ccccc12.Cl.Cl. The van der Waals surface area contributed by atoms with Crippen LogP contribution in [0.1, 0.15) is 18.5 Å². The van der Waals surface area contributed by atoms with E-state index in [1.807, 2.05) is 12.1 Å². The molecule has 4 nitrogen and oxygen atoms in total. The lowest BCUT2D eigenvalue weighted by Gasteiger charge is -2.27. The van der Waals surface area contributed by atoms with Crippen LogP contribution in [-0.2, 0) is 4.79 Å². The lowest BCUT2D eigenvalue weighted by atomic mass is 10.00. The van der Waals surface area contributed by atoms with Crippen LogP contribution in [0.5, 0.6) is 0 Å². The van der Waals surface area contributed by atoms with Gasteiger partial charge in [0.05, 0.1) is 12.6 Å². The molecule has 1 fully saturated rings. The van der Waals surface area contributed by atoms with Crippen molar-refractivity contribution in [2.75, 3.05) is 32.7 Å². The molecule has 6 heteroatoms. The zero-order chi connectivity index (χ0) is 15.4. The highest BCUT2D eigenvalue weighted by Gasteiger charge is 2.16. The van der Waals surface area contributed by atoms with Gasteiger partial charge in [0, 0.05) is 26.2 Å². The molecule has 0 saturated carbocycles. The molecule has 0 aromatic heterocycles. The number of fused-ring (bicyclic) bond motifs is 1. The van der Waals surface area contributed by atoms with Gasteiger partial charge in [-0.25, -0.2) is 0 Å². The van der Waals surface area contributed by atoms with Gasteiger partial charge < -0.3 is 10.6 Å². The highest BCUT2D eigenvalue weighted by Crippen LogP contribution is 2.23. The van der Waals surface area contributed by atoms with E-state index >= 15 is 0 Å². The maximum absolute atomic E-state index is 12.3. The molecule has 2 aromatic rings. The van der Waals surface area contributed by atoms with E-state index in [9.17, 15) is 4.79 Å². The van der Waals surface area contributed by atoms with Gasteiger partial charge in [0.1, 0.15) is 0 Å². The van der Waals surface area contributed by atoms with E-state index in [0.717, 1.165) is 26.2 Å². The van der Waals surface area contributed by atoms with Crippen molar-refractivity contribution in [1.29, 1.82) is 0 Å². The van der Waals surface area contributed by atoms with E-state index < -0.39 is 0 Å². The molecule has 1 aliphatic heterocycles. The third-order valence-corrected chi connectivity index (χ3v) is 4.24. The summed E-state index contributed by atoms with van der Waals surface area (Å²) in [6.45, 7) is 6.35. The summed E-state index contributed by atoms with van der Waals surface area (Å²) in [7, 11) is 0. The highest BCUT2D eigenvalue weighted by atomic mass is 35.5. The quantitative estimate of drug-likeness (QED) is 0.870. The number of amides is 1. The summed E-state index contributed by atoms with van der Waals surface area (Å²) < 4.78 is 0. The molecule has 0 aliphatic carbocycles. The molecule has 1 atom stereocenters. The van der Waals surface area contributed by atoms with Gasteiger partial charge in [-0.1, -0.05) is 42.5 Å². The first kappa shape index (κ1) is 20.7. The number of rotatable bonds is 4. The van der Waals surface area contributed by atoms with Crippen molar-refractivity contribution in [3.05, 3.63) is 48.0 Å². The number of carbonyl (C=O) groups excluding carboxylic acids is 1. The Kier molecular flexibility index (Phi) is 8.50. The van der Waals surface area contributed by atoms with Gasteiger partial charge in [-0.05, 0) is 23.3 Å². The summed E-state index contributed by atoms with van der Waals surface area (Å²) in [4.78, 5) is 14.5. The Morgan fingerprint density at radius 3 is 2.54 bits per heavy atom. The van der Waals surface area contributed by atoms with Crippen molar-refractivity contribution >= 4 is 41.5 Å². The fourth-order valence-corrected chi connectivity index (χ4v) is 3.07. The first-order valence-electron chi connectivity index (χ1n) is 7.94. The lowest BCUT2D eigenvalue weighted by molar-refractivity contribution is -0.123. The van der Waals surface area contributed by atoms with E-state index in [0.29, 0.717) is 6.54 Å². The molecule has 1 aliphatic rings. The lowest BCUT2D eigenvalue weighted by Crippen LogP contribution is -2.47. The fourth-order valence-electron chi connectivity index (χ4n) is 3.07. The molecule has 1 amide bonds. The normalized spacial score (nSPS) is 15.9. The van der Waals surface area contributed by atoms with Crippen molar-refractivity contribution in [2.24, 2.45) is 0 Å². The Hall–Kier alpha value is -1.33. The van der Waals surface area contributed by atoms with Crippen molar-refractivity contribution in [3.8, 4) is 0 Å². The minimum Gasteiger partial charge on any atom is -0.348 e. The monoisotopic (exact) mass is 369 g/mol. The summed E-state index contributed by atoms with van der Waals surface area (Å²) >= 11 is 0. The van der Waals surface area contributed by atoms with Crippen LogP contribution in [-0.4, -0.2) is 43.5 Å². The fraction of sp³-hybridized carbons (Fsp3) is 0.389. The smallest absolute Gasteiger partial charge is 0.234 e. The number of carbonyl (C=O) groups is 1. The van der Waals surface area contributed by atoms with E-state index in [-0.39, 0.29) is 36.8 Å². The summed E-state index contributed by atoms with van der Waals surface area (Å²) in [6.07, 6.45) is 0. The van der Waals surface area contributed by atoms with Gasteiger partial charge in [-0.3, -0.25) is 9.69 Å². The van der Waals surface area contributed by atoms with Crippen molar-refractivity contribution in [3.63, 3.8) is 0 Å². The molecule has 1 unspecified atom stereocenters. The van der Waals surface area contributed by atoms with Crippen LogP contribution in [0.3, 0.4) is 0 Å². The topological polar surface area (TPSA) is 44.4 Å². The largest absolute Gasteiger partial charge is 0.348 e. The average Bonchev–Trinajstić information content (AvgIpc) is 2.55. The zero-order valence-corrected chi connectivity index (χ0v) is 15.5. The maximum atomic E-state index is 12.3. The second kappa shape index (κ2) is 9.84. The summed E-state index contributed by atoms with van der Waals surface area (Å²) in [5.74, 6) is 0.0994. The second-order valence-corrected chi connectivity index (χ2v) is 5.88. The third kappa shape index (κ3) is 5.08. The van der Waals surface area contributed by atoms with Gasteiger partial charge in [-0.15, -0.1) is 24.8 Å². The summed E-state index contributed by atoms with van der Waals surface area (Å²) in [5.41, 5.74) is 1.17. The Labute approximate surface area is 155 Å². The summed E-state index contributed by atoms with van der Waals surface area (Å²) in [5, 5.41) is 8.86. The van der Waals surface area contributed by atoms with Crippen molar-refractivity contribution < 1.29 is 4.79 Å². The highest BCUT2D eigenvalue weighted by molar-refractivity contribution is 5.87. The van der Waals surface area contributed by atoms with Crippen LogP contribution in [0.25, 0.3) is 10.8 Å². The molecular formula is C18H25Cl2N3O. The molecule has 0 radical (unpaired) electrons. The van der Waals surface area contributed by atoms with Crippen LogP contribution >= 0.6 is 24.8 Å². The van der Waals surface area contributed by atoms with E-state index in [1.165, 1.54) is 16.3 Å². The molecule has 1 saturated heterocycles. The van der Waals surface area contributed by atoms with E-state index in [2.05, 4.69) is 52.8 Å². The molecule has 3 rings (SSSR count). The number of piperazine rings is 1. The number of nitrogens with zero attached hydrogens (tertiary/aromatic N) is 1. The molecular weight excluding hydrogens is 345 g/mol. The Balaban J connectivity index is 0.00000144. The average molecular weight is 370 g/mol. The van der Waals surface area contributed by atoms with Gasteiger partial charge in [0.15, 0.2) is 0 Å². The van der Waals surface area contributed by atoms with Gasteiger partial charge in [0.25, 0.3) is 0 Å². The number of benzene rings is 2. The Morgan fingerprint density at radius 2 is 1.79 bits per heavy atom. The van der Waals surface area contributed by atoms with Gasteiger partial charge in [0.2, 0.25) is 5.91 Å². The number of nitrogens with one attached hydrogen (secondary N) is 2. The van der Waals surface area contributed by atoms with Crippen LogP contribution in [0, 0.1) is 0 Å².